The molecule has 0 bridgehead atoms. The predicted molar refractivity (Wildman–Crippen MR) is 111 cm³/mol. The molecule has 3 rings (SSSR count). The summed E-state index contributed by atoms with van der Waals surface area (Å²) in [4.78, 5) is 12.9. The Hall–Kier alpha value is -2.54. The Morgan fingerprint density at radius 3 is 2.39 bits per heavy atom. The van der Waals surface area contributed by atoms with Crippen molar-refractivity contribution in [2.24, 2.45) is 0 Å². The Bertz CT molecular complexity index is 1050. The molecular formula is C20H15Cl2NO4S. The first-order chi connectivity index (χ1) is 13.3. The summed E-state index contributed by atoms with van der Waals surface area (Å²) in [6.45, 7) is 0. The molecule has 0 spiro atoms. The van der Waals surface area contributed by atoms with Crippen molar-refractivity contribution in [2.45, 2.75) is 4.90 Å². The van der Waals surface area contributed by atoms with Gasteiger partial charge in [0, 0.05) is 32.7 Å². The second-order valence-corrected chi connectivity index (χ2v) is 8.01. The standard InChI is InChI=1S/C20H15Cl2NO4S/c1-28(26)15-7-8-18(24)16(11-15)20(25)23-13-4-9-19(17(22)10-13)27-14-5-2-12(21)3-6-14/h2-11,24H,1H3,(H,23,25). The number of hydrogen-bond donors (Lipinski definition) is 2. The number of phenolic OH excluding ortho intramolecular Hbond substituents is 1. The van der Waals surface area contributed by atoms with Crippen LogP contribution in [-0.2, 0) is 10.8 Å². The molecule has 0 radical (unpaired) electrons. The molecule has 0 saturated heterocycles. The highest BCUT2D eigenvalue weighted by atomic mass is 35.5. The minimum Gasteiger partial charge on any atom is -0.507 e. The summed E-state index contributed by atoms with van der Waals surface area (Å²) in [5.41, 5.74) is 0.436. The van der Waals surface area contributed by atoms with Crippen LogP contribution in [0.3, 0.4) is 0 Å². The maximum atomic E-state index is 12.5. The zero-order chi connectivity index (χ0) is 20.3. The van der Waals surface area contributed by atoms with E-state index in [1.54, 1.807) is 36.4 Å². The lowest BCUT2D eigenvalue weighted by molar-refractivity contribution is 0.102. The maximum absolute atomic E-state index is 12.5. The number of carbonyl (C=O) groups is 1. The van der Waals surface area contributed by atoms with Crippen molar-refractivity contribution < 1.29 is 18.8 Å². The number of anilines is 1. The lowest BCUT2D eigenvalue weighted by Crippen LogP contribution is -2.12. The second-order valence-electron chi connectivity index (χ2n) is 5.79. The molecule has 0 fully saturated rings. The highest BCUT2D eigenvalue weighted by Gasteiger charge is 2.14. The van der Waals surface area contributed by atoms with Crippen molar-refractivity contribution in [3.05, 3.63) is 76.3 Å². The van der Waals surface area contributed by atoms with Gasteiger partial charge in [-0.25, -0.2) is 0 Å². The van der Waals surface area contributed by atoms with Gasteiger partial charge in [-0.2, -0.15) is 0 Å². The van der Waals surface area contributed by atoms with Crippen molar-refractivity contribution in [3.8, 4) is 17.2 Å². The van der Waals surface area contributed by atoms with Crippen LogP contribution in [0.4, 0.5) is 5.69 Å². The van der Waals surface area contributed by atoms with Gasteiger partial charge < -0.3 is 15.2 Å². The number of rotatable bonds is 5. The van der Waals surface area contributed by atoms with E-state index >= 15 is 0 Å². The molecule has 0 aliphatic heterocycles. The van der Waals surface area contributed by atoms with E-state index < -0.39 is 16.7 Å². The number of ether oxygens (including phenoxy) is 1. The van der Waals surface area contributed by atoms with Gasteiger partial charge in [0.1, 0.15) is 17.2 Å². The largest absolute Gasteiger partial charge is 0.507 e. The topological polar surface area (TPSA) is 75.6 Å². The minimum absolute atomic E-state index is 0.0188. The van der Waals surface area contributed by atoms with Crippen molar-refractivity contribution in [1.82, 2.24) is 0 Å². The van der Waals surface area contributed by atoms with Crippen LogP contribution >= 0.6 is 23.2 Å². The first-order valence-corrected chi connectivity index (χ1v) is 10.4. The van der Waals surface area contributed by atoms with Gasteiger partial charge in [0.25, 0.3) is 5.91 Å². The molecule has 1 atom stereocenters. The Morgan fingerprint density at radius 2 is 1.75 bits per heavy atom. The van der Waals surface area contributed by atoms with E-state index in [9.17, 15) is 14.1 Å². The number of carbonyl (C=O) groups excluding carboxylic acids is 1. The third kappa shape index (κ3) is 4.84. The fourth-order valence-corrected chi connectivity index (χ4v) is 3.25. The van der Waals surface area contributed by atoms with Gasteiger partial charge >= 0.3 is 0 Å². The SMILES string of the molecule is CS(=O)c1ccc(O)c(C(=O)Nc2ccc(Oc3ccc(Cl)cc3)c(Cl)c2)c1. The van der Waals surface area contributed by atoms with Crippen LogP contribution in [0.1, 0.15) is 10.4 Å². The summed E-state index contributed by atoms with van der Waals surface area (Å²) in [5.74, 6) is 0.221. The number of benzene rings is 3. The lowest BCUT2D eigenvalue weighted by atomic mass is 10.2. The van der Waals surface area contributed by atoms with Crippen LogP contribution in [0.15, 0.2) is 65.6 Å². The molecule has 0 heterocycles. The normalized spacial score (nSPS) is 11.7. The summed E-state index contributed by atoms with van der Waals surface area (Å²) < 4.78 is 17.3. The Kier molecular flexibility index (Phi) is 6.24. The summed E-state index contributed by atoms with van der Waals surface area (Å²) in [6, 6.07) is 15.8. The molecule has 3 aromatic rings. The zero-order valence-corrected chi connectivity index (χ0v) is 16.9. The van der Waals surface area contributed by atoms with E-state index in [0.717, 1.165) is 0 Å². The number of amides is 1. The van der Waals surface area contributed by atoms with Gasteiger partial charge in [-0.1, -0.05) is 23.2 Å². The fourth-order valence-electron chi connectivity index (χ4n) is 2.37. The van der Waals surface area contributed by atoms with E-state index in [1.807, 2.05) is 0 Å². The molecule has 0 saturated carbocycles. The molecule has 0 aliphatic carbocycles. The van der Waals surface area contributed by atoms with Crippen molar-refractivity contribution in [3.63, 3.8) is 0 Å². The summed E-state index contributed by atoms with van der Waals surface area (Å²) in [7, 11) is -1.28. The van der Waals surface area contributed by atoms with Crippen LogP contribution in [0, 0.1) is 0 Å². The van der Waals surface area contributed by atoms with Crippen molar-refractivity contribution >= 4 is 45.6 Å². The first-order valence-electron chi connectivity index (χ1n) is 8.04. The molecule has 5 nitrogen and oxygen atoms in total. The smallest absolute Gasteiger partial charge is 0.259 e. The quantitative estimate of drug-likeness (QED) is 0.555. The Labute approximate surface area is 174 Å². The van der Waals surface area contributed by atoms with Crippen LogP contribution in [0.2, 0.25) is 10.0 Å². The van der Waals surface area contributed by atoms with Crippen molar-refractivity contribution in [2.75, 3.05) is 11.6 Å². The summed E-state index contributed by atoms with van der Waals surface area (Å²) in [5, 5.41) is 13.5. The fraction of sp³-hybridized carbons (Fsp3) is 0.0500. The number of halogens is 2. The second kappa shape index (κ2) is 8.65. The Morgan fingerprint density at radius 1 is 1.04 bits per heavy atom. The van der Waals surface area contributed by atoms with Crippen LogP contribution in [0.5, 0.6) is 17.2 Å². The van der Waals surface area contributed by atoms with Gasteiger partial charge in [0.2, 0.25) is 0 Å². The van der Waals surface area contributed by atoms with Crippen LogP contribution < -0.4 is 10.1 Å². The molecular weight excluding hydrogens is 421 g/mol. The molecule has 1 amide bonds. The molecule has 8 heteroatoms. The van der Waals surface area contributed by atoms with Crippen LogP contribution in [-0.4, -0.2) is 21.5 Å². The molecule has 0 aromatic heterocycles. The van der Waals surface area contributed by atoms with Crippen molar-refractivity contribution in [1.29, 1.82) is 0 Å². The summed E-state index contributed by atoms with van der Waals surface area (Å²) in [6.07, 6.45) is 1.49. The number of nitrogens with one attached hydrogen (secondary N) is 1. The predicted octanol–water partition coefficient (Wildman–Crippen LogP) is 5.48. The van der Waals surface area contributed by atoms with Gasteiger partial charge in [0.15, 0.2) is 0 Å². The van der Waals surface area contributed by atoms with E-state index in [4.69, 9.17) is 27.9 Å². The third-order valence-electron chi connectivity index (χ3n) is 3.78. The number of aromatic hydroxyl groups is 1. The monoisotopic (exact) mass is 435 g/mol. The van der Waals surface area contributed by atoms with E-state index in [0.29, 0.717) is 32.1 Å². The van der Waals surface area contributed by atoms with Gasteiger partial charge in [-0.15, -0.1) is 0 Å². The average molecular weight is 436 g/mol. The van der Waals surface area contributed by atoms with E-state index in [1.165, 1.54) is 30.5 Å². The number of hydrogen-bond acceptors (Lipinski definition) is 4. The highest BCUT2D eigenvalue weighted by molar-refractivity contribution is 7.84. The van der Waals surface area contributed by atoms with E-state index in [2.05, 4.69) is 5.32 Å². The first kappa shape index (κ1) is 20.2. The average Bonchev–Trinajstić information content (AvgIpc) is 2.65. The highest BCUT2D eigenvalue weighted by Crippen LogP contribution is 2.32. The van der Waals surface area contributed by atoms with Gasteiger partial charge in [0.05, 0.1) is 10.6 Å². The molecule has 144 valence electrons. The third-order valence-corrected chi connectivity index (χ3v) is 5.24. The maximum Gasteiger partial charge on any atom is 0.259 e. The molecule has 3 aromatic carbocycles. The molecule has 0 aliphatic rings. The summed E-state index contributed by atoms with van der Waals surface area (Å²) >= 11 is 12.1. The lowest BCUT2D eigenvalue weighted by Gasteiger charge is -2.11. The Balaban J connectivity index is 1.77. The zero-order valence-electron chi connectivity index (χ0n) is 14.6. The van der Waals surface area contributed by atoms with E-state index in [-0.39, 0.29) is 11.3 Å². The van der Waals surface area contributed by atoms with Gasteiger partial charge in [-0.05, 0) is 60.7 Å². The molecule has 2 N–H and O–H groups in total. The van der Waals surface area contributed by atoms with Crippen LogP contribution in [0.25, 0.3) is 0 Å². The number of phenols is 1. The molecule has 28 heavy (non-hydrogen) atoms. The minimum atomic E-state index is -1.28. The molecule has 1 unspecified atom stereocenters. The van der Waals surface area contributed by atoms with Gasteiger partial charge in [-0.3, -0.25) is 9.00 Å².